The summed E-state index contributed by atoms with van der Waals surface area (Å²) in [6, 6.07) is 9.57. The summed E-state index contributed by atoms with van der Waals surface area (Å²) in [5.74, 6) is -0.761. The summed E-state index contributed by atoms with van der Waals surface area (Å²) in [5.41, 5.74) is 3.30. The van der Waals surface area contributed by atoms with Gasteiger partial charge in [-0.05, 0) is 43.2 Å². The standard InChI is InChI=1S/C25H31N5O4/c1-2-34-24(32)8-13-30(21-4-3-9-27-17-21)23(31)18-29-12-7-19-5-6-20(16-22(19)25(29)33)28-14-10-26-11-15-28/h3-6,9,16-17,26H,2,7-8,10-15,18H2,1H3. The third-order valence-electron chi connectivity index (χ3n) is 6.17. The number of ether oxygens (including phenoxy) is 1. The summed E-state index contributed by atoms with van der Waals surface area (Å²) >= 11 is 0. The number of fused-ring (bicyclic) bond motifs is 1. The maximum Gasteiger partial charge on any atom is 0.307 e. The molecule has 34 heavy (non-hydrogen) atoms. The fourth-order valence-corrected chi connectivity index (χ4v) is 4.38. The Morgan fingerprint density at radius 3 is 2.74 bits per heavy atom. The Morgan fingerprint density at radius 1 is 1.18 bits per heavy atom. The lowest BCUT2D eigenvalue weighted by molar-refractivity contribution is -0.142. The van der Waals surface area contributed by atoms with Gasteiger partial charge < -0.3 is 24.8 Å². The lowest BCUT2D eigenvalue weighted by Gasteiger charge is -2.33. The number of piperazine rings is 1. The van der Waals surface area contributed by atoms with Crippen LogP contribution >= 0.6 is 0 Å². The Kier molecular flexibility index (Phi) is 7.74. The molecular weight excluding hydrogens is 434 g/mol. The summed E-state index contributed by atoms with van der Waals surface area (Å²) < 4.78 is 5.01. The molecule has 0 saturated carbocycles. The SMILES string of the molecule is CCOC(=O)CCN(C(=O)CN1CCc2ccc(N3CCNCC3)cc2C1=O)c1cccnc1. The van der Waals surface area contributed by atoms with Crippen molar-refractivity contribution >= 4 is 29.2 Å². The highest BCUT2D eigenvalue weighted by Gasteiger charge is 2.29. The Bertz CT molecular complexity index is 1020. The highest BCUT2D eigenvalue weighted by Crippen LogP contribution is 2.25. The van der Waals surface area contributed by atoms with E-state index >= 15 is 0 Å². The number of amides is 2. The monoisotopic (exact) mass is 465 g/mol. The van der Waals surface area contributed by atoms with Gasteiger partial charge in [0, 0.05) is 56.7 Å². The largest absolute Gasteiger partial charge is 0.466 e. The van der Waals surface area contributed by atoms with Crippen molar-refractivity contribution in [3.05, 3.63) is 53.9 Å². The number of anilines is 2. The fraction of sp³-hybridized carbons (Fsp3) is 0.440. The van der Waals surface area contributed by atoms with E-state index in [9.17, 15) is 14.4 Å². The molecular formula is C25H31N5O4. The molecule has 9 nitrogen and oxygen atoms in total. The molecule has 1 saturated heterocycles. The molecule has 0 atom stereocenters. The highest BCUT2D eigenvalue weighted by molar-refractivity contribution is 6.02. The Balaban J connectivity index is 1.48. The second-order valence-electron chi connectivity index (χ2n) is 8.37. The molecule has 1 N–H and O–H groups in total. The smallest absolute Gasteiger partial charge is 0.307 e. The van der Waals surface area contributed by atoms with E-state index in [4.69, 9.17) is 4.74 Å². The number of esters is 1. The third-order valence-corrected chi connectivity index (χ3v) is 6.17. The van der Waals surface area contributed by atoms with Crippen LogP contribution in [0.2, 0.25) is 0 Å². The molecule has 1 aromatic heterocycles. The van der Waals surface area contributed by atoms with Crippen molar-refractivity contribution in [1.82, 2.24) is 15.2 Å². The van der Waals surface area contributed by atoms with E-state index in [0.29, 0.717) is 24.2 Å². The number of rotatable bonds is 8. The van der Waals surface area contributed by atoms with E-state index in [1.807, 2.05) is 12.1 Å². The minimum absolute atomic E-state index is 0.0617. The molecule has 2 aliphatic heterocycles. The van der Waals surface area contributed by atoms with Gasteiger partial charge in [-0.2, -0.15) is 0 Å². The van der Waals surface area contributed by atoms with Crippen LogP contribution in [-0.2, 0) is 20.7 Å². The summed E-state index contributed by atoms with van der Waals surface area (Å²) in [6.07, 6.45) is 3.97. The first kappa shape index (κ1) is 23.7. The number of nitrogens with zero attached hydrogens (tertiary/aromatic N) is 4. The zero-order valence-corrected chi connectivity index (χ0v) is 19.5. The van der Waals surface area contributed by atoms with Crippen molar-refractivity contribution in [2.45, 2.75) is 19.8 Å². The summed E-state index contributed by atoms with van der Waals surface area (Å²) in [4.78, 5) is 48.0. The van der Waals surface area contributed by atoms with Gasteiger partial charge >= 0.3 is 5.97 Å². The van der Waals surface area contributed by atoms with E-state index < -0.39 is 0 Å². The lowest BCUT2D eigenvalue weighted by Crippen LogP contribution is -2.46. The average Bonchev–Trinajstić information content (AvgIpc) is 2.87. The molecule has 1 fully saturated rings. The Labute approximate surface area is 199 Å². The third kappa shape index (κ3) is 5.53. The summed E-state index contributed by atoms with van der Waals surface area (Å²) in [6.45, 7) is 6.24. The van der Waals surface area contributed by atoms with Gasteiger partial charge in [0.2, 0.25) is 5.91 Å². The zero-order chi connectivity index (χ0) is 23.9. The fourth-order valence-electron chi connectivity index (χ4n) is 4.38. The number of carbonyl (C=O) groups is 3. The van der Waals surface area contributed by atoms with Crippen molar-refractivity contribution in [3.8, 4) is 0 Å². The normalized spacial score (nSPS) is 15.6. The maximum atomic E-state index is 13.3. The number of hydrogen-bond acceptors (Lipinski definition) is 7. The zero-order valence-electron chi connectivity index (χ0n) is 19.5. The minimum Gasteiger partial charge on any atom is -0.466 e. The molecule has 0 unspecified atom stereocenters. The van der Waals surface area contributed by atoms with E-state index in [-0.39, 0.29) is 43.9 Å². The molecule has 2 aromatic rings. The van der Waals surface area contributed by atoms with Crippen LogP contribution in [-0.4, -0.2) is 80.1 Å². The molecule has 4 rings (SSSR count). The van der Waals surface area contributed by atoms with Gasteiger partial charge in [-0.3, -0.25) is 19.4 Å². The maximum absolute atomic E-state index is 13.3. The second-order valence-corrected chi connectivity index (χ2v) is 8.37. The molecule has 3 heterocycles. The van der Waals surface area contributed by atoms with Crippen LogP contribution in [0, 0.1) is 0 Å². The van der Waals surface area contributed by atoms with Gasteiger partial charge in [-0.1, -0.05) is 6.07 Å². The van der Waals surface area contributed by atoms with Crippen molar-refractivity contribution in [2.75, 3.05) is 62.2 Å². The van der Waals surface area contributed by atoms with Crippen LogP contribution in [0.25, 0.3) is 0 Å². The predicted molar refractivity (Wildman–Crippen MR) is 129 cm³/mol. The average molecular weight is 466 g/mol. The van der Waals surface area contributed by atoms with Crippen LogP contribution in [0.3, 0.4) is 0 Å². The first-order valence-corrected chi connectivity index (χ1v) is 11.8. The number of carbonyl (C=O) groups excluding carboxylic acids is 3. The molecule has 180 valence electrons. The highest BCUT2D eigenvalue weighted by atomic mass is 16.5. The van der Waals surface area contributed by atoms with Crippen LogP contribution in [0.1, 0.15) is 29.3 Å². The van der Waals surface area contributed by atoms with Crippen LogP contribution in [0.5, 0.6) is 0 Å². The van der Waals surface area contributed by atoms with E-state index in [1.165, 1.54) is 4.90 Å². The van der Waals surface area contributed by atoms with Crippen LogP contribution < -0.4 is 15.1 Å². The first-order valence-electron chi connectivity index (χ1n) is 11.8. The number of aromatic nitrogens is 1. The van der Waals surface area contributed by atoms with Crippen molar-refractivity contribution in [2.24, 2.45) is 0 Å². The molecule has 2 amide bonds. The minimum atomic E-state index is -0.368. The first-order chi connectivity index (χ1) is 16.6. The number of benzene rings is 1. The topological polar surface area (TPSA) is 95.1 Å². The Hall–Kier alpha value is -3.46. The molecule has 9 heteroatoms. The molecule has 0 spiro atoms. The molecule has 0 aliphatic carbocycles. The molecule has 1 aromatic carbocycles. The number of nitrogens with one attached hydrogen (secondary N) is 1. The van der Waals surface area contributed by atoms with E-state index in [0.717, 1.165) is 37.4 Å². The van der Waals surface area contributed by atoms with E-state index in [1.54, 1.807) is 36.4 Å². The predicted octanol–water partition coefficient (Wildman–Crippen LogP) is 1.48. The van der Waals surface area contributed by atoms with E-state index in [2.05, 4.69) is 21.3 Å². The van der Waals surface area contributed by atoms with Gasteiger partial charge in [0.25, 0.3) is 5.91 Å². The summed E-state index contributed by atoms with van der Waals surface area (Å²) in [5, 5.41) is 3.34. The van der Waals surface area contributed by atoms with Gasteiger partial charge in [0.15, 0.2) is 0 Å². The van der Waals surface area contributed by atoms with Crippen LogP contribution in [0.15, 0.2) is 42.7 Å². The van der Waals surface area contributed by atoms with Crippen molar-refractivity contribution < 1.29 is 19.1 Å². The van der Waals surface area contributed by atoms with Gasteiger partial charge in [-0.25, -0.2) is 0 Å². The van der Waals surface area contributed by atoms with Crippen LogP contribution in [0.4, 0.5) is 11.4 Å². The van der Waals surface area contributed by atoms with Gasteiger partial charge in [-0.15, -0.1) is 0 Å². The molecule has 2 aliphatic rings. The summed E-state index contributed by atoms with van der Waals surface area (Å²) in [7, 11) is 0. The van der Waals surface area contributed by atoms with Crippen molar-refractivity contribution in [1.29, 1.82) is 0 Å². The van der Waals surface area contributed by atoms with Gasteiger partial charge in [0.05, 0.1) is 24.9 Å². The van der Waals surface area contributed by atoms with Crippen molar-refractivity contribution in [3.63, 3.8) is 0 Å². The number of pyridine rings is 1. The molecule has 0 bridgehead atoms. The lowest BCUT2D eigenvalue weighted by atomic mass is 9.97. The van der Waals surface area contributed by atoms with Gasteiger partial charge in [0.1, 0.15) is 6.54 Å². The number of hydrogen-bond donors (Lipinski definition) is 1. The molecule has 0 radical (unpaired) electrons. The Morgan fingerprint density at radius 2 is 2.00 bits per heavy atom. The second kappa shape index (κ2) is 11.1. The quantitative estimate of drug-likeness (QED) is 0.590.